The van der Waals surface area contributed by atoms with Crippen LogP contribution in [0.4, 0.5) is 0 Å². The Morgan fingerprint density at radius 2 is 2.12 bits per heavy atom. The first-order valence-electron chi connectivity index (χ1n) is 6.17. The second-order valence-corrected chi connectivity index (χ2v) is 4.71. The maximum atomic E-state index is 4.66. The van der Waals surface area contributed by atoms with Crippen LogP contribution in [0.1, 0.15) is 30.3 Å². The Labute approximate surface area is 96.1 Å². The highest BCUT2D eigenvalue weighted by Crippen LogP contribution is 2.37. The molecule has 1 saturated carbocycles. The maximum absolute atomic E-state index is 4.66. The molecule has 0 unspecified atom stereocenters. The highest BCUT2D eigenvalue weighted by atomic mass is 15.2. The molecule has 2 fully saturated rings. The van der Waals surface area contributed by atoms with Crippen LogP contribution in [0.3, 0.4) is 0 Å². The lowest BCUT2D eigenvalue weighted by Gasteiger charge is -2.26. The lowest BCUT2D eigenvalue weighted by molar-refractivity contribution is 0.230. The van der Waals surface area contributed by atoms with Gasteiger partial charge in [-0.05, 0) is 18.9 Å². The summed E-state index contributed by atoms with van der Waals surface area (Å²) >= 11 is 0. The van der Waals surface area contributed by atoms with E-state index < -0.39 is 0 Å². The molecule has 4 nitrogen and oxygen atoms in total. The highest BCUT2D eigenvalue weighted by molar-refractivity contribution is 5.10. The number of rotatable bonds is 3. The summed E-state index contributed by atoms with van der Waals surface area (Å²) in [4.78, 5) is 11.5. The molecule has 1 saturated heterocycles. The molecule has 16 heavy (non-hydrogen) atoms. The van der Waals surface area contributed by atoms with Gasteiger partial charge in [-0.25, -0.2) is 9.97 Å². The zero-order valence-corrected chi connectivity index (χ0v) is 9.52. The molecule has 1 aromatic rings. The van der Waals surface area contributed by atoms with E-state index in [2.05, 4.69) is 20.2 Å². The normalized spacial score (nSPS) is 22.2. The van der Waals surface area contributed by atoms with Crippen molar-refractivity contribution in [2.75, 3.05) is 26.2 Å². The number of hydrogen-bond donors (Lipinski definition) is 1. The van der Waals surface area contributed by atoms with Crippen molar-refractivity contribution < 1.29 is 0 Å². The van der Waals surface area contributed by atoms with Crippen molar-refractivity contribution in [3.8, 4) is 0 Å². The van der Waals surface area contributed by atoms with Gasteiger partial charge in [-0.1, -0.05) is 0 Å². The molecule has 0 bridgehead atoms. The lowest BCUT2D eigenvalue weighted by Crippen LogP contribution is -2.43. The fourth-order valence-electron chi connectivity index (χ4n) is 2.14. The average molecular weight is 218 g/mol. The predicted molar refractivity (Wildman–Crippen MR) is 62.2 cm³/mol. The second kappa shape index (κ2) is 4.47. The first kappa shape index (κ1) is 10.2. The minimum atomic E-state index is 0.656. The molecule has 1 N–H and O–H groups in total. The molecule has 0 spiro atoms. The Morgan fingerprint density at radius 3 is 2.88 bits per heavy atom. The summed E-state index contributed by atoms with van der Waals surface area (Å²) in [6.07, 6.45) is 4.46. The molecule has 1 aromatic heterocycles. The van der Waals surface area contributed by atoms with Gasteiger partial charge in [0.1, 0.15) is 5.82 Å². The van der Waals surface area contributed by atoms with Crippen LogP contribution in [-0.4, -0.2) is 41.0 Å². The van der Waals surface area contributed by atoms with E-state index in [0.717, 1.165) is 38.5 Å². The van der Waals surface area contributed by atoms with Gasteiger partial charge in [0.2, 0.25) is 0 Å². The summed E-state index contributed by atoms with van der Waals surface area (Å²) in [5.74, 6) is 1.72. The van der Waals surface area contributed by atoms with E-state index in [1.54, 1.807) is 0 Å². The summed E-state index contributed by atoms with van der Waals surface area (Å²) in [5, 5.41) is 3.37. The Hall–Kier alpha value is -1.00. The molecular weight excluding hydrogens is 200 g/mol. The molecule has 1 aliphatic carbocycles. The highest BCUT2D eigenvalue weighted by Gasteiger charge is 2.26. The van der Waals surface area contributed by atoms with E-state index in [4.69, 9.17) is 0 Å². The SMILES string of the molecule is c1cc(CN2CCNCC2)nc(C2CC2)n1. The van der Waals surface area contributed by atoms with Crippen molar-refractivity contribution in [2.24, 2.45) is 0 Å². The fraction of sp³-hybridized carbons (Fsp3) is 0.667. The minimum absolute atomic E-state index is 0.656. The van der Waals surface area contributed by atoms with Gasteiger partial charge in [0.05, 0.1) is 5.69 Å². The number of hydrogen-bond acceptors (Lipinski definition) is 4. The smallest absolute Gasteiger partial charge is 0.131 e. The van der Waals surface area contributed by atoms with Crippen molar-refractivity contribution in [1.29, 1.82) is 0 Å². The van der Waals surface area contributed by atoms with Crippen molar-refractivity contribution in [3.63, 3.8) is 0 Å². The van der Waals surface area contributed by atoms with Gasteiger partial charge in [0.25, 0.3) is 0 Å². The molecule has 2 heterocycles. The molecule has 86 valence electrons. The van der Waals surface area contributed by atoms with Crippen LogP contribution in [0, 0.1) is 0 Å². The molecule has 0 aromatic carbocycles. The van der Waals surface area contributed by atoms with E-state index in [-0.39, 0.29) is 0 Å². The van der Waals surface area contributed by atoms with Crippen LogP contribution in [0.15, 0.2) is 12.3 Å². The van der Waals surface area contributed by atoms with Gasteiger partial charge in [-0.2, -0.15) is 0 Å². The van der Waals surface area contributed by atoms with Crippen LogP contribution in [0.25, 0.3) is 0 Å². The summed E-state index contributed by atoms with van der Waals surface area (Å²) in [5.41, 5.74) is 1.18. The van der Waals surface area contributed by atoms with E-state index in [1.165, 1.54) is 18.5 Å². The molecule has 0 atom stereocenters. The van der Waals surface area contributed by atoms with Crippen molar-refractivity contribution >= 4 is 0 Å². The third-order valence-electron chi connectivity index (χ3n) is 3.27. The van der Waals surface area contributed by atoms with E-state index in [1.807, 2.05) is 12.3 Å². The van der Waals surface area contributed by atoms with Crippen LogP contribution < -0.4 is 5.32 Å². The van der Waals surface area contributed by atoms with Gasteiger partial charge < -0.3 is 5.32 Å². The van der Waals surface area contributed by atoms with Gasteiger partial charge >= 0.3 is 0 Å². The van der Waals surface area contributed by atoms with Crippen LogP contribution in [0.2, 0.25) is 0 Å². The standard InChI is InChI=1S/C12H18N4/c1-2-10(1)12-14-4-3-11(15-12)9-16-7-5-13-6-8-16/h3-4,10,13H,1-2,5-9H2. The Morgan fingerprint density at radius 1 is 1.31 bits per heavy atom. The van der Waals surface area contributed by atoms with Crippen LogP contribution in [-0.2, 0) is 6.54 Å². The first-order chi connectivity index (χ1) is 7.92. The molecule has 4 heteroatoms. The Bertz CT molecular complexity index is 356. The Balaban J connectivity index is 1.66. The van der Waals surface area contributed by atoms with E-state index in [9.17, 15) is 0 Å². The number of nitrogens with one attached hydrogen (secondary N) is 1. The first-order valence-corrected chi connectivity index (χ1v) is 6.17. The van der Waals surface area contributed by atoms with Crippen molar-refractivity contribution in [2.45, 2.75) is 25.3 Å². The average Bonchev–Trinajstić information content (AvgIpc) is 3.15. The fourth-order valence-corrected chi connectivity index (χ4v) is 2.14. The molecule has 1 aliphatic heterocycles. The third kappa shape index (κ3) is 2.39. The largest absolute Gasteiger partial charge is 0.314 e. The zero-order valence-electron chi connectivity index (χ0n) is 9.52. The third-order valence-corrected chi connectivity index (χ3v) is 3.27. The number of nitrogens with zero attached hydrogens (tertiary/aromatic N) is 3. The van der Waals surface area contributed by atoms with Crippen molar-refractivity contribution in [1.82, 2.24) is 20.2 Å². The van der Waals surface area contributed by atoms with E-state index >= 15 is 0 Å². The molecule has 0 amide bonds. The summed E-state index contributed by atoms with van der Waals surface area (Å²) in [6.45, 7) is 5.43. The monoisotopic (exact) mass is 218 g/mol. The molecule has 0 radical (unpaired) electrons. The summed E-state index contributed by atoms with van der Waals surface area (Å²) < 4.78 is 0. The zero-order chi connectivity index (χ0) is 10.8. The topological polar surface area (TPSA) is 41.0 Å². The quantitative estimate of drug-likeness (QED) is 0.813. The minimum Gasteiger partial charge on any atom is -0.314 e. The van der Waals surface area contributed by atoms with Gasteiger partial charge in [0, 0.05) is 44.8 Å². The summed E-state index contributed by atoms with van der Waals surface area (Å²) in [7, 11) is 0. The summed E-state index contributed by atoms with van der Waals surface area (Å²) in [6, 6.07) is 2.05. The predicted octanol–water partition coefficient (Wildman–Crippen LogP) is 0.759. The molecular formula is C12H18N4. The second-order valence-electron chi connectivity index (χ2n) is 4.71. The molecule has 3 rings (SSSR count). The Kier molecular flexibility index (Phi) is 2.84. The molecule has 2 aliphatic rings. The lowest BCUT2D eigenvalue weighted by atomic mass is 10.3. The van der Waals surface area contributed by atoms with E-state index in [0.29, 0.717) is 5.92 Å². The van der Waals surface area contributed by atoms with Gasteiger partial charge in [-0.15, -0.1) is 0 Å². The van der Waals surface area contributed by atoms with Crippen LogP contribution >= 0.6 is 0 Å². The number of aromatic nitrogens is 2. The van der Waals surface area contributed by atoms with Crippen molar-refractivity contribution in [3.05, 3.63) is 23.8 Å². The van der Waals surface area contributed by atoms with Crippen LogP contribution in [0.5, 0.6) is 0 Å². The number of piperazine rings is 1. The van der Waals surface area contributed by atoms with Gasteiger partial charge in [-0.3, -0.25) is 4.90 Å². The van der Waals surface area contributed by atoms with Gasteiger partial charge in [0.15, 0.2) is 0 Å². The maximum Gasteiger partial charge on any atom is 0.131 e.